The molecule has 0 radical (unpaired) electrons. The van der Waals surface area contributed by atoms with Gasteiger partial charge in [-0.25, -0.2) is 14.4 Å². The molecule has 4 N–H and O–H groups in total. The maximum atomic E-state index is 15.4. The first kappa shape index (κ1) is 30.1. The fraction of sp³-hybridized carbons (Fsp3) is 0.300. The van der Waals surface area contributed by atoms with Crippen LogP contribution >= 0.6 is 23.2 Å². The van der Waals surface area contributed by atoms with Crippen LogP contribution in [0.2, 0.25) is 10.0 Å². The molecule has 4 aromatic rings. The molecule has 220 valence electrons. The predicted octanol–water partition coefficient (Wildman–Crippen LogP) is 4.91. The molecule has 0 spiro atoms. The Labute approximate surface area is 253 Å². The van der Waals surface area contributed by atoms with Crippen LogP contribution in [-0.2, 0) is 13.1 Å². The molecule has 9 nitrogen and oxygen atoms in total. The van der Waals surface area contributed by atoms with E-state index in [4.69, 9.17) is 33.0 Å². The van der Waals surface area contributed by atoms with E-state index < -0.39 is 5.82 Å². The number of nitrogens with zero attached hydrogens (tertiary/aromatic N) is 4. The van der Waals surface area contributed by atoms with E-state index in [9.17, 15) is 5.11 Å². The second-order valence-corrected chi connectivity index (χ2v) is 10.7. The van der Waals surface area contributed by atoms with Gasteiger partial charge in [0.25, 0.3) is 0 Å². The average molecular weight is 614 g/mol. The summed E-state index contributed by atoms with van der Waals surface area (Å²) in [5, 5.41) is 25.1. The largest absolute Gasteiger partial charge is 0.481 e. The second kappa shape index (κ2) is 13.7. The van der Waals surface area contributed by atoms with Gasteiger partial charge in [0.1, 0.15) is 0 Å². The number of ether oxygens (including phenoxy) is 1. The summed E-state index contributed by atoms with van der Waals surface area (Å²) in [5.41, 5.74) is 4.02. The van der Waals surface area contributed by atoms with Crippen molar-refractivity contribution in [1.29, 1.82) is 0 Å². The molecule has 5 rings (SSSR count). The van der Waals surface area contributed by atoms with Crippen LogP contribution in [0.1, 0.15) is 11.1 Å². The minimum atomic E-state index is -0.459. The van der Waals surface area contributed by atoms with Crippen molar-refractivity contribution in [3.63, 3.8) is 0 Å². The summed E-state index contributed by atoms with van der Waals surface area (Å²) in [7, 11) is 1.55. The van der Waals surface area contributed by atoms with Crippen molar-refractivity contribution in [3.8, 4) is 28.4 Å². The zero-order valence-electron chi connectivity index (χ0n) is 22.9. The zero-order chi connectivity index (χ0) is 29.6. The third-order valence-corrected chi connectivity index (χ3v) is 7.85. The van der Waals surface area contributed by atoms with Crippen LogP contribution in [0.4, 0.5) is 15.9 Å². The molecule has 0 atom stereocenters. The van der Waals surface area contributed by atoms with Gasteiger partial charge >= 0.3 is 0 Å². The standard InChI is InChI=1S/C30H31Cl2FN6O3/c1-42-30-19(13-34-11-12-40)5-6-23(38-30)21-8-10-35-28(26(21)32)22-3-2-4-24(25(22)31)37-29-27(33)20(7-9-36-29)16-39-14-18(15-39)17-41/h2-10,18,34,40-41H,11-17H2,1H3,(H,36,37). The van der Waals surface area contributed by atoms with Crippen LogP contribution in [0.5, 0.6) is 5.88 Å². The molecule has 0 saturated carbocycles. The summed E-state index contributed by atoms with van der Waals surface area (Å²) in [6.45, 7) is 3.01. The summed E-state index contributed by atoms with van der Waals surface area (Å²) in [4.78, 5) is 15.4. The summed E-state index contributed by atoms with van der Waals surface area (Å²) in [6.07, 6.45) is 3.18. The third kappa shape index (κ3) is 6.49. The minimum absolute atomic E-state index is 0.0333. The van der Waals surface area contributed by atoms with E-state index in [1.165, 1.54) is 0 Å². The van der Waals surface area contributed by atoms with Crippen LogP contribution in [0.15, 0.2) is 54.9 Å². The first-order valence-electron chi connectivity index (χ1n) is 13.5. The maximum absolute atomic E-state index is 15.4. The molecular weight excluding hydrogens is 582 g/mol. The lowest BCUT2D eigenvalue weighted by Crippen LogP contribution is -2.47. The molecule has 1 fully saturated rings. The molecule has 0 bridgehead atoms. The van der Waals surface area contributed by atoms with Gasteiger partial charge in [-0.15, -0.1) is 0 Å². The number of hydrogen-bond donors (Lipinski definition) is 4. The Morgan fingerprint density at radius 2 is 1.81 bits per heavy atom. The smallest absolute Gasteiger partial charge is 0.218 e. The molecule has 12 heteroatoms. The van der Waals surface area contributed by atoms with Crippen molar-refractivity contribution in [1.82, 2.24) is 25.2 Å². The Kier molecular flexibility index (Phi) is 9.84. The first-order valence-corrected chi connectivity index (χ1v) is 14.2. The Balaban J connectivity index is 1.40. The van der Waals surface area contributed by atoms with E-state index in [2.05, 4.69) is 30.5 Å². The highest BCUT2D eigenvalue weighted by atomic mass is 35.5. The van der Waals surface area contributed by atoms with Gasteiger partial charge in [-0.1, -0.05) is 41.4 Å². The molecule has 4 heterocycles. The summed E-state index contributed by atoms with van der Waals surface area (Å²) in [6, 6.07) is 12.4. The predicted molar refractivity (Wildman–Crippen MR) is 162 cm³/mol. The third-order valence-electron chi connectivity index (χ3n) is 7.06. The number of aromatic nitrogens is 3. The number of rotatable bonds is 12. The maximum Gasteiger partial charge on any atom is 0.218 e. The van der Waals surface area contributed by atoms with Gasteiger partial charge in [0.05, 0.1) is 40.8 Å². The lowest BCUT2D eigenvalue weighted by Gasteiger charge is -2.38. The first-order chi connectivity index (χ1) is 20.4. The van der Waals surface area contributed by atoms with E-state index in [0.717, 1.165) is 18.7 Å². The minimum Gasteiger partial charge on any atom is -0.481 e. The van der Waals surface area contributed by atoms with Gasteiger partial charge in [0.15, 0.2) is 11.6 Å². The van der Waals surface area contributed by atoms with Crippen molar-refractivity contribution in [3.05, 3.63) is 81.8 Å². The summed E-state index contributed by atoms with van der Waals surface area (Å²) >= 11 is 13.7. The summed E-state index contributed by atoms with van der Waals surface area (Å²) < 4.78 is 20.9. The van der Waals surface area contributed by atoms with Gasteiger partial charge in [0, 0.05) is 79.9 Å². The number of methoxy groups -OCH3 is 1. The number of benzene rings is 1. The van der Waals surface area contributed by atoms with Crippen LogP contribution < -0.4 is 15.4 Å². The van der Waals surface area contributed by atoms with Gasteiger partial charge < -0.3 is 25.6 Å². The van der Waals surface area contributed by atoms with Gasteiger partial charge in [0.2, 0.25) is 5.88 Å². The molecule has 1 aliphatic heterocycles. The molecule has 0 aliphatic carbocycles. The molecule has 3 aromatic heterocycles. The Morgan fingerprint density at radius 3 is 2.57 bits per heavy atom. The Morgan fingerprint density at radius 1 is 1.00 bits per heavy atom. The Hall–Kier alpha value is -3.38. The SMILES string of the molecule is COc1nc(-c2ccnc(-c3cccc(Nc4nccc(CN5CC(CO)C5)c4F)c3Cl)c2Cl)ccc1CNCCO. The van der Waals surface area contributed by atoms with Crippen molar-refractivity contribution >= 4 is 34.7 Å². The van der Waals surface area contributed by atoms with Gasteiger partial charge in [-0.3, -0.25) is 9.88 Å². The van der Waals surface area contributed by atoms with Gasteiger partial charge in [-0.05, 0) is 24.3 Å². The number of hydrogen-bond acceptors (Lipinski definition) is 9. The lowest BCUT2D eigenvalue weighted by molar-refractivity contribution is 0.0471. The zero-order valence-corrected chi connectivity index (χ0v) is 24.5. The van der Waals surface area contributed by atoms with Crippen LogP contribution in [0.25, 0.3) is 22.5 Å². The van der Waals surface area contributed by atoms with E-state index in [0.29, 0.717) is 69.3 Å². The van der Waals surface area contributed by atoms with E-state index >= 15 is 4.39 Å². The fourth-order valence-corrected chi connectivity index (χ4v) is 5.43. The normalized spacial score (nSPS) is 13.7. The topological polar surface area (TPSA) is 116 Å². The van der Waals surface area contributed by atoms with E-state index in [1.807, 2.05) is 12.1 Å². The molecule has 0 amide bonds. The highest BCUT2D eigenvalue weighted by Crippen LogP contribution is 2.41. The number of pyridine rings is 3. The number of nitrogens with one attached hydrogen (secondary N) is 2. The van der Waals surface area contributed by atoms with E-state index in [1.54, 1.807) is 49.8 Å². The second-order valence-electron chi connectivity index (χ2n) is 9.95. The lowest BCUT2D eigenvalue weighted by atomic mass is 10.0. The molecular formula is C30H31Cl2FN6O3. The molecule has 1 saturated heterocycles. The number of anilines is 2. The molecule has 0 unspecified atom stereocenters. The van der Waals surface area contributed by atoms with Crippen LogP contribution in [0, 0.1) is 11.7 Å². The Bertz CT molecular complexity index is 1550. The van der Waals surface area contributed by atoms with Gasteiger partial charge in [-0.2, -0.15) is 0 Å². The number of aliphatic hydroxyl groups is 2. The van der Waals surface area contributed by atoms with Crippen molar-refractivity contribution in [2.24, 2.45) is 5.92 Å². The monoisotopic (exact) mass is 612 g/mol. The average Bonchev–Trinajstić information content (AvgIpc) is 2.98. The quantitative estimate of drug-likeness (QED) is 0.166. The van der Waals surface area contributed by atoms with Crippen molar-refractivity contribution in [2.75, 3.05) is 45.3 Å². The van der Waals surface area contributed by atoms with Crippen molar-refractivity contribution in [2.45, 2.75) is 13.1 Å². The highest BCUT2D eigenvalue weighted by molar-refractivity contribution is 6.39. The van der Waals surface area contributed by atoms with E-state index in [-0.39, 0.29) is 24.9 Å². The molecule has 42 heavy (non-hydrogen) atoms. The summed E-state index contributed by atoms with van der Waals surface area (Å²) in [5.74, 6) is 0.281. The van der Waals surface area contributed by atoms with Crippen LogP contribution in [-0.4, -0.2) is 70.0 Å². The number of aliphatic hydroxyl groups excluding tert-OH is 2. The fourth-order valence-electron chi connectivity index (χ4n) is 4.86. The van der Waals surface area contributed by atoms with Crippen molar-refractivity contribution < 1.29 is 19.3 Å². The highest BCUT2D eigenvalue weighted by Gasteiger charge is 2.27. The number of halogens is 3. The number of likely N-dealkylation sites (tertiary alicyclic amines) is 1. The molecule has 1 aliphatic rings. The molecule has 1 aromatic carbocycles. The van der Waals surface area contributed by atoms with Crippen LogP contribution in [0.3, 0.4) is 0 Å².